The van der Waals surface area contributed by atoms with Crippen molar-refractivity contribution in [3.63, 3.8) is 0 Å². The normalized spacial score (nSPS) is 19.5. The standard InChI is InChI=1S/C21H25FN2O2/c1-15-4-2-7-21(26)24(15)13-12-20(25)23-19-6-3-5-17(19)14-16-8-10-18(22)11-9-16/h2,4,7-11,17,19H,3,5-6,12-14H2,1H3,(H,23,25)/t17-,19-/m0/s1. The lowest BCUT2D eigenvalue weighted by molar-refractivity contribution is -0.122. The van der Waals surface area contributed by atoms with E-state index >= 15 is 0 Å². The summed E-state index contributed by atoms with van der Waals surface area (Å²) in [6.07, 6.45) is 4.28. The maximum atomic E-state index is 13.0. The average molecular weight is 356 g/mol. The molecule has 1 heterocycles. The Morgan fingerprint density at radius 3 is 2.69 bits per heavy atom. The first kappa shape index (κ1) is 18.4. The van der Waals surface area contributed by atoms with E-state index in [1.807, 2.05) is 25.1 Å². The summed E-state index contributed by atoms with van der Waals surface area (Å²) in [6, 6.07) is 11.9. The molecule has 26 heavy (non-hydrogen) atoms. The Kier molecular flexibility index (Phi) is 5.86. The molecule has 0 bridgehead atoms. The van der Waals surface area contributed by atoms with Crippen LogP contribution in [0.2, 0.25) is 0 Å². The topological polar surface area (TPSA) is 51.1 Å². The van der Waals surface area contributed by atoms with Gasteiger partial charge in [-0.2, -0.15) is 0 Å². The fraction of sp³-hybridized carbons (Fsp3) is 0.429. The van der Waals surface area contributed by atoms with Crippen LogP contribution in [-0.4, -0.2) is 16.5 Å². The fourth-order valence-corrected chi connectivity index (χ4v) is 3.80. The highest BCUT2D eigenvalue weighted by Crippen LogP contribution is 2.29. The zero-order valence-corrected chi connectivity index (χ0v) is 15.1. The Hall–Kier alpha value is -2.43. The minimum absolute atomic E-state index is 0.0174. The van der Waals surface area contributed by atoms with E-state index in [9.17, 15) is 14.0 Å². The van der Waals surface area contributed by atoms with E-state index in [0.717, 1.165) is 36.9 Å². The number of amides is 1. The number of pyridine rings is 1. The Bertz CT molecular complexity index is 814. The van der Waals surface area contributed by atoms with Crippen LogP contribution in [-0.2, 0) is 17.8 Å². The summed E-state index contributed by atoms with van der Waals surface area (Å²) >= 11 is 0. The van der Waals surface area contributed by atoms with Gasteiger partial charge in [-0.3, -0.25) is 9.59 Å². The lowest BCUT2D eigenvalue weighted by Gasteiger charge is -2.21. The number of halogens is 1. The van der Waals surface area contributed by atoms with Gasteiger partial charge in [0, 0.05) is 30.8 Å². The smallest absolute Gasteiger partial charge is 0.250 e. The molecule has 1 aromatic heterocycles. The second kappa shape index (κ2) is 8.30. The maximum absolute atomic E-state index is 13.0. The predicted molar refractivity (Wildman–Crippen MR) is 99.4 cm³/mol. The molecule has 0 spiro atoms. The SMILES string of the molecule is Cc1cccc(=O)n1CCC(=O)N[C@H]1CCC[C@H]1Cc1ccc(F)cc1. The van der Waals surface area contributed by atoms with E-state index < -0.39 is 0 Å². The molecule has 1 N–H and O–H groups in total. The van der Waals surface area contributed by atoms with Crippen LogP contribution in [0.5, 0.6) is 0 Å². The fourth-order valence-electron chi connectivity index (χ4n) is 3.80. The van der Waals surface area contributed by atoms with Gasteiger partial charge in [-0.15, -0.1) is 0 Å². The van der Waals surface area contributed by atoms with Crippen molar-refractivity contribution in [2.75, 3.05) is 0 Å². The van der Waals surface area contributed by atoms with Crippen LogP contribution in [0.25, 0.3) is 0 Å². The Morgan fingerprint density at radius 1 is 1.19 bits per heavy atom. The summed E-state index contributed by atoms with van der Waals surface area (Å²) in [4.78, 5) is 24.2. The third-order valence-corrected chi connectivity index (χ3v) is 5.25. The number of aromatic nitrogens is 1. The molecule has 0 aliphatic heterocycles. The van der Waals surface area contributed by atoms with Gasteiger partial charge in [0.25, 0.3) is 5.56 Å². The monoisotopic (exact) mass is 356 g/mol. The first-order valence-electron chi connectivity index (χ1n) is 9.23. The Labute approximate surface area is 153 Å². The summed E-state index contributed by atoms with van der Waals surface area (Å²) in [7, 11) is 0. The van der Waals surface area contributed by atoms with E-state index in [0.29, 0.717) is 18.9 Å². The molecule has 138 valence electrons. The molecular formula is C21H25FN2O2. The molecule has 1 aliphatic rings. The molecular weight excluding hydrogens is 331 g/mol. The number of carbonyl (C=O) groups excluding carboxylic acids is 1. The van der Waals surface area contributed by atoms with Crippen LogP contribution in [0.4, 0.5) is 4.39 Å². The number of rotatable bonds is 6. The molecule has 0 saturated heterocycles. The van der Waals surface area contributed by atoms with Crippen LogP contribution < -0.4 is 10.9 Å². The molecule has 1 fully saturated rings. The first-order chi connectivity index (χ1) is 12.5. The molecule has 5 heteroatoms. The van der Waals surface area contributed by atoms with Gasteiger partial charge in [0.05, 0.1) is 0 Å². The van der Waals surface area contributed by atoms with Crippen molar-refractivity contribution in [1.82, 2.24) is 9.88 Å². The number of aryl methyl sites for hydroxylation is 1. The summed E-state index contributed by atoms with van der Waals surface area (Å²) in [6.45, 7) is 2.27. The molecule has 3 rings (SSSR count). The summed E-state index contributed by atoms with van der Waals surface area (Å²) < 4.78 is 14.7. The molecule has 4 nitrogen and oxygen atoms in total. The average Bonchev–Trinajstić information content (AvgIpc) is 3.03. The number of nitrogens with zero attached hydrogens (tertiary/aromatic N) is 1. The molecule has 1 aliphatic carbocycles. The van der Waals surface area contributed by atoms with Gasteiger partial charge in [0.1, 0.15) is 5.82 Å². The quantitative estimate of drug-likeness (QED) is 0.864. The van der Waals surface area contributed by atoms with Gasteiger partial charge in [-0.1, -0.05) is 24.6 Å². The zero-order chi connectivity index (χ0) is 18.5. The molecule has 0 radical (unpaired) electrons. The van der Waals surface area contributed by atoms with Crippen molar-refractivity contribution in [2.45, 2.75) is 51.6 Å². The second-order valence-corrected chi connectivity index (χ2v) is 7.10. The third kappa shape index (κ3) is 4.59. The number of benzene rings is 1. The molecule has 2 atom stereocenters. The Balaban J connectivity index is 1.54. The highest BCUT2D eigenvalue weighted by molar-refractivity contribution is 5.76. The molecule has 1 aromatic carbocycles. The predicted octanol–water partition coefficient (Wildman–Crippen LogP) is 3.21. The largest absolute Gasteiger partial charge is 0.353 e. The van der Waals surface area contributed by atoms with E-state index in [1.165, 1.54) is 18.2 Å². The van der Waals surface area contributed by atoms with E-state index in [2.05, 4.69) is 5.32 Å². The van der Waals surface area contributed by atoms with Gasteiger partial charge < -0.3 is 9.88 Å². The maximum Gasteiger partial charge on any atom is 0.250 e. The van der Waals surface area contributed by atoms with Gasteiger partial charge >= 0.3 is 0 Å². The van der Waals surface area contributed by atoms with Gasteiger partial charge in [0.15, 0.2) is 0 Å². The number of carbonyl (C=O) groups is 1. The minimum atomic E-state index is -0.225. The third-order valence-electron chi connectivity index (χ3n) is 5.25. The lowest BCUT2D eigenvalue weighted by atomic mass is 9.94. The highest BCUT2D eigenvalue weighted by atomic mass is 19.1. The van der Waals surface area contributed by atoms with Crippen LogP contribution in [0, 0.1) is 18.7 Å². The first-order valence-corrected chi connectivity index (χ1v) is 9.23. The van der Waals surface area contributed by atoms with Crippen molar-refractivity contribution in [3.05, 3.63) is 69.9 Å². The summed E-state index contributed by atoms with van der Waals surface area (Å²) in [5.41, 5.74) is 1.89. The Morgan fingerprint density at radius 2 is 1.96 bits per heavy atom. The van der Waals surface area contributed by atoms with Crippen molar-refractivity contribution in [2.24, 2.45) is 5.92 Å². The van der Waals surface area contributed by atoms with Crippen LogP contribution in [0.1, 0.15) is 36.9 Å². The van der Waals surface area contributed by atoms with E-state index in [-0.39, 0.29) is 23.3 Å². The van der Waals surface area contributed by atoms with Crippen molar-refractivity contribution in [1.29, 1.82) is 0 Å². The second-order valence-electron chi connectivity index (χ2n) is 7.10. The van der Waals surface area contributed by atoms with Crippen LogP contribution in [0.3, 0.4) is 0 Å². The van der Waals surface area contributed by atoms with Gasteiger partial charge in [-0.05, 0) is 55.9 Å². The van der Waals surface area contributed by atoms with Crippen LogP contribution in [0.15, 0.2) is 47.3 Å². The van der Waals surface area contributed by atoms with E-state index in [1.54, 1.807) is 10.6 Å². The zero-order valence-electron chi connectivity index (χ0n) is 15.1. The van der Waals surface area contributed by atoms with E-state index in [4.69, 9.17) is 0 Å². The van der Waals surface area contributed by atoms with Gasteiger partial charge in [0.2, 0.25) is 5.91 Å². The number of hydrogen-bond donors (Lipinski definition) is 1. The highest BCUT2D eigenvalue weighted by Gasteiger charge is 2.28. The molecule has 2 aromatic rings. The molecule has 1 amide bonds. The lowest BCUT2D eigenvalue weighted by Crippen LogP contribution is -2.38. The van der Waals surface area contributed by atoms with Crippen molar-refractivity contribution >= 4 is 5.91 Å². The summed E-state index contributed by atoms with van der Waals surface area (Å²) in [5.74, 6) is 0.137. The van der Waals surface area contributed by atoms with Crippen molar-refractivity contribution < 1.29 is 9.18 Å². The number of nitrogens with one attached hydrogen (secondary N) is 1. The molecule has 0 unspecified atom stereocenters. The van der Waals surface area contributed by atoms with Crippen LogP contribution >= 0.6 is 0 Å². The molecule has 1 saturated carbocycles. The minimum Gasteiger partial charge on any atom is -0.353 e. The summed E-state index contributed by atoms with van der Waals surface area (Å²) in [5, 5.41) is 3.14. The number of hydrogen-bond acceptors (Lipinski definition) is 2. The van der Waals surface area contributed by atoms with Gasteiger partial charge in [-0.25, -0.2) is 4.39 Å². The van der Waals surface area contributed by atoms with Crippen molar-refractivity contribution in [3.8, 4) is 0 Å².